The van der Waals surface area contributed by atoms with Crippen LogP contribution >= 0.6 is 0 Å². The van der Waals surface area contributed by atoms with E-state index in [1.54, 1.807) is 7.11 Å². The molecular formula is C29H39NO2. The molecular weight excluding hydrogens is 394 g/mol. The number of methoxy groups -OCH3 is 1. The molecule has 1 aliphatic rings. The van der Waals surface area contributed by atoms with Crippen molar-refractivity contribution in [2.75, 3.05) is 20.8 Å². The quantitative estimate of drug-likeness (QED) is 0.433. The van der Waals surface area contributed by atoms with Gasteiger partial charge in [-0.1, -0.05) is 72.7 Å². The van der Waals surface area contributed by atoms with Crippen molar-refractivity contribution in [3.63, 3.8) is 0 Å². The minimum atomic E-state index is 0.181. The molecule has 3 nitrogen and oxygen atoms in total. The molecule has 0 radical (unpaired) electrons. The molecule has 3 unspecified atom stereocenters. The van der Waals surface area contributed by atoms with Crippen LogP contribution in [-0.2, 0) is 9.47 Å². The second-order valence-corrected chi connectivity index (χ2v) is 9.39. The molecule has 3 rings (SSSR count). The molecule has 1 aliphatic heterocycles. The minimum Gasteiger partial charge on any atom is -0.382 e. The summed E-state index contributed by atoms with van der Waals surface area (Å²) in [6.45, 7) is 11.5. The molecule has 0 bridgehead atoms. The highest BCUT2D eigenvalue weighted by Gasteiger charge is 2.22. The predicted octanol–water partition coefficient (Wildman–Crippen LogP) is 6.82. The third kappa shape index (κ3) is 6.11. The van der Waals surface area contributed by atoms with Crippen molar-refractivity contribution < 1.29 is 9.47 Å². The predicted molar refractivity (Wildman–Crippen MR) is 135 cm³/mol. The number of ether oxygens (including phenoxy) is 2. The molecule has 2 aromatic rings. The normalized spacial score (nSPS) is 18.9. The largest absolute Gasteiger partial charge is 0.382 e. The zero-order chi connectivity index (χ0) is 23.3. The number of allylic oxidation sites excluding steroid dienone is 2. The van der Waals surface area contributed by atoms with Gasteiger partial charge < -0.3 is 14.4 Å². The maximum Gasteiger partial charge on any atom is 0.0724 e. The molecule has 4 atom stereocenters. The highest BCUT2D eigenvalue weighted by molar-refractivity contribution is 5.75. The van der Waals surface area contributed by atoms with Crippen LogP contribution in [0.5, 0.6) is 0 Å². The smallest absolute Gasteiger partial charge is 0.0724 e. The van der Waals surface area contributed by atoms with Crippen LogP contribution in [0.1, 0.15) is 67.0 Å². The van der Waals surface area contributed by atoms with Crippen LogP contribution < -0.4 is 0 Å². The number of hydrogen-bond acceptors (Lipinski definition) is 3. The molecule has 2 aromatic carbocycles. The van der Waals surface area contributed by atoms with Gasteiger partial charge in [-0.2, -0.15) is 0 Å². The van der Waals surface area contributed by atoms with Gasteiger partial charge in [0.25, 0.3) is 0 Å². The zero-order valence-electron chi connectivity index (χ0n) is 20.8. The second-order valence-electron chi connectivity index (χ2n) is 9.39. The lowest BCUT2D eigenvalue weighted by Gasteiger charge is -2.32. The van der Waals surface area contributed by atoms with Crippen LogP contribution in [0.15, 0.2) is 60.8 Å². The number of benzene rings is 2. The van der Waals surface area contributed by atoms with E-state index in [0.717, 1.165) is 6.42 Å². The van der Waals surface area contributed by atoms with Crippen molar-refractivity contribution in [2.45, 2.75) is 65.2 Å². The molecule has 3 heteroatoms. The van der Waals surface area contributed by atoms with Crippen LogP contribution in [0.25, 0.3) is 5.57 Å². The average molecular weight is 434 g/mol. The number of aryl methyl sites for hydroxylation is 2. The Labute approximate surface area is 194 Å². The van der Waals surface area contributed by atoms with E-state index in [1.807, 2.05) is 0 Å². The number of likely N-dealkylation sites (N-methyl/N-ethyl adjacent to an activating group) is 1. The van der Waals surface area contributed by atoms with E-state index in [4.69, 9.17) is 9.47 Å². The molecule has 32 heavy (non-hydrogen) atoms. The SMILES string of the molecule is COC(C)CC(C)OC[C@@H](C)c1ccccc1C1C=CC(c2cc(C)cc(C)c2)=CN1C. The average Bonchev–Trinajstić information content (AvgIpc) is 2.76. The molecule has 0 aromatic heterocycles. The first-order valence-corrected chi connectivity index (χ1v) is 11.7. The van der Waals surface area contributed by atoms with Crippen molar-refractivity contribution in [2.24, 2.45) is 0 Å². The lowest BCUT2D eigenvalue weighted by Crippen LogP contribution is -2.23. The van der Waals surface area contributed by atoms with E-state index in [9.17, 15) is 0 Å². The molecule has 0 aliphatic carbocycles. The van der Waals surface area contributed by atoms with E-state index >= 15 is 0 Å². The van der Waals surface area contributed by atoms with E-state index in [1.165, 1.54) is 33.4 Å². The van der Waals surface area contributed by atoms with Crippen molar-refractivity contribution in [3.05, 3.63) is 88.6 Å². The highest BCUT2D eigenvalue weighted by atomic mass is 16.5. The van der Waals surface area contributed by atoms with Gasteiger partial charge in [0.05, 0.1) is 24.9 Å². The summed E-state index contributed by atoms with van der Waals surface area (Å²) >= 11 is 0. The van der Waals surface area contributed by atoms with Gasteiger partial charge in [-0.25, -0.2) is 0 Å². The molecule has 0 N–H and O–H groups in total. The van der Waals surface area contributed by atoms with Gasteiger partial charge in [0, 0.05) is 26.3 Å². The first kappa shape index (κ1) is 24.3. The summed E-state index contributed by atoms with van der Waals surface area (Å²) in [7, 11) is 3.92. The first-order chi connectivity index (χ1) is 15.3. The van der Waals surface area contributed by atoms with Crippen LogP contribution in [0.3, 0.4) is 0 Å². The molecule has 1 heterocycles. The van der Waals surface area contributed by atoms with Gasteiger partial charge in [0.1, 0.15) is 0 Å². The fourth-order valence-electron chi connectivity index (χ4n) is 4.57. The molecule has 0 spiro atoms. The lowest BCUT2D eigenvalue weighted by molar-refractivity contribution is 0.00996. The number of rotatable bonds is 9. The van der Waals surface area contributed by atoms with Crippen LogP contribution in [0, 0.1) is 13.8 Å². The Bertz CT molecular complexity index is 941. The Morgan fingerprint density at radius 3 is 2.31 bits per heavy atom. The van der Waals surface area contributed by atoms with Crippen molar-refractivity contribution >= 4 is 5.57 Å². The Hall–Kier alpha value is -2.36. The van der Waals surface area contributed by atoms with Crippen LogP contribution in [0.2, 0.25) is 0 Å². The Morgan fingerprint density at radius 2 is 1.66 bits per heavy atom. The summed E-state index contributed by atoms with van der Waals surface area (Å²) in [5.41, 5.74) is 7.82. The van der Waals surface area contributed by atoms with Crippen molar-refractivity contribution in [1.29, 1.82) is 0 Å². The zero-order valence-corrected chi connectivity index (χ0v) is 20.8. The van der Waals surface area contributed by atoms with Crippen LogP contribution in [0.4, 0.5) is 0 Å². The van der Waals surface area contributed by atoms with E-state index in [-0.39, 0.29) is 18.2 Å². The van der Waals surface area contributed by atoms with Gasteiger partial charge in [0.15, 0.2) is 0 Å². The Kier molecular flexibility index (Phi) is 8.33. The van der Waals surface area contributed by atoms with Gasteiger partial charge in [-0.05, 0) is 56.4 Å². The summed E-state index contributed by atoms with van der Waals surface area (Å²) in [6.07, 6.45) is 8.16. The molecule has 0 fully saturated rings. The van der Waals surface area contributed by atoms with E-state index < -0.39 is 0 Å². The third-order valence-electron chi connectivity index (χ3n) is 6.34. The Morgan fingerprint density at radius 1 is 0.969 bits per heavy atom. The standard InChI is InChI=1S/C29H39NO2/c1-20-14-21(2)16-26(15-20)25-12-13-29(30(6)18-25)28-11-9-8-10-27(28)22(3)19-32-24(5)17-23(4)31-7/h8-16,18,22-24,29H,17,19H2,1-7H3/t22-,23?,24?,29?/m1/s1. The maximum absolute atomic E-state index is 6.17. The fraction of sp³-hybridized carbons (Fsp3) is 0.448. The first-order valence-electron chi connectivity index (χ1n) is 11.7. The van der Waals surface area contributed by atoms with Crippen molar-refractivity contribution in [1.82, 2.24) is 4.90 Å². The second kappa shape index (κ2) is 11.0. The fourth-order valence-corrected chi connectivity index (χ4v) is 4.57. The van der Waals surface area contributed by atoms with Gasteiger partial charge in [0.2, 0.25) is 0 Å². The number of nitrogens with zero attached hydrogens (tertiary/aromatic N) is 1. The molecule has 0 saturated carbocycles. The van der Waals surface area contributed by atoms with Crippen LogP contribution in [-0.4, -0.2) is 37.9 Å². The monoisotopic (exact) mass is 433 g/mol. The maximum atomic E-state index is 6.17. The highest BCUT2D eigenvalue weighted by Crippen LogP contribution is 2.34. The topological polar surface area (TPSA) is 21.7 Å². The Balaban J connectivity index is 1.74. The summed E-state index contributed by atoms with van der Waals surface area (Å²) in [5.74, 6) is 0.318. The van der Waals surface area contributed by atoms with E-state index in [0.29, 0.717) is 12.5 Å². The van der Waals surface area contributed by atoms with E-state index in [2.05, 4.69) is 107 Å². The molecule has 0 saturated heterocycles. The third-order valence-corrected chi connectivity index (χ3v) is 6.34. The summed E-state index contributed by atoms with van der Waals surface area (Å²) in [4.78, 5) is 2.32. The van der Waals surface area contributed by atoms with Gasteiger partial charge in [-0.3, -0.25) is 0 Å². The van der Waals surface area contributed by atoms with Gasteiger partial charge in [-0.15, -0.1) is 0 Å². The summed E-state index contributed by atoms with van der Waals surface area (Å²) < 4.78 is 11.6. The lowest BCUT2D eigenvalue weighted by atomic mass is 9.89. The summed E-state index contributed by atoms with van der Waals surface area (Å²) in [5, 5.41) is 0. The minimum absolute atomic E-state index is 0.181. The van der Waals surface area contributed by atoms with Gasteiger partial charge >= 0.3 is 0 Å². The van der Waals surface area contributed by atoms with Crippen molar-refractivity contribution in [3.8, 4) is 0 Å². The molecule has 172 valence electrons. The molecule has 0 amide bonds. The number of hydrogen-bond donors (Lipinski definition) is 0. The summed E-state index contributed by atoms with van der Waals surface area (Å²) in [6, 6.07) is 15.7.